The molecule has 18 heteroatoms. The maximum absolute atomic E-state index is 14.9. The van der Waals surface area contributed by atoms with Crippen molar-refractivity contribution in [3.8, 4) is 11.3 Å². The number of ether oxygens (including phenoxy) is 2. The molecular weight excluding hydrogens is 874 g/mol. The summed E-state index contributed by atoms with van der Waals surface area (Å²) in [6.45, 7) is 2.88. The summed E-state index contributed by atoms with van der Waals surface area (Å²) in [5, 5.41) is 11.6. The molecule has 5 amide bonds. The minimum absolute atomic E-state index is 0.113. The van der Waals surface area contributed by atoms with Gasteiger partial charge in [-0.05, 0) is 60.5 Å². The maximum atomic E-state index is 14.9. The Morgan fingerprint density at radius 2 is 1.62 bits per heavy atom. The Labute approximate surface area is 383 Å². The van der Waals surface area contributed by atoms with Crippen molar-refractivity contribution in [3.05, 3.63) is 146 Å². The number of aromatic nitrogens is 2. The summed E-state index contributed by atoms with van der Waals surface area (Å²) >= 11 is 6.35. The van der Waals surface area contributed by atoms with Crippen LogP contribution in [0.2, 0.25) is 5.02 Å². The van der Waals surface area contributed by atoms with E-state index in [0.29, 0.717) is 108 Å². The molecule has 66 heavy (non-hydrogen) atoms. The van der Waals surface area contributed by atoms with Crippen molar-refractivity contribution in [1.82, 2.24) is 30.8 Å². The Morgan fingerprint density at radius 3 is 2.39 bits per heavy atom. The molecule has 340 valence electrons. The first kappa shape index (κ1) is 45.8. The third kappa shape index (κ3) is 10.7. The number of hydrogen-bond donors (Lipinski definition) is 4. The number of carbonyl (C=O) groups excluding carboxylic acids is 5. The van der Waals surface area contributed by atoms with E-state index in [1.54, 1.807) is 54.7 Å². The number of fused-ring (bicyclic) bond motifs is 4. The topological polar surface area (TPSA) is 193 Å². The Bertz CT molecular complexity index is 2700. The third-order valence-electron chi connectivity index (χ3n) is 11.3. The molecule has 0 spiro atoms. The number of halogens is 3. The minimum atomic E-state index is -0.735. The van der Waals surface area contributed by atoms with Crippen LogP contribution < -0.4 is 21.3 Å². The number of carbonyl (C=O) groups is 5. The smallest absolute Gasteiger partial charge is 0.255 e. The van der Waals surface area contributed by atoms with E-state index in [1.165, 1.54) is 23.1 Å². The summed E-state index contributed by atoms with van der Waals surface area (Å²) in [4.78, 5) is 77.9. The average molecular weight is 919 g/mol. The highest BCUT2D eigenvalue weighted by Crippen LogP contribution is 2.35. The normalized spacial score (nSPS) is 15.3. The summed E-state index contributed by atoms with van der Waals surface area (Å²) in [7, 11) is 0. The summed E-state index contributed by atoms with van der Waals surface area (Å²) in [5.41, 5.74) is 5.23. The van der Waals surface area contributed by atoms with E-state index in [2.05, 4.69) is 31.2 Å². The molecule has 3 aliphatic heterocycles. The first-order chi connectivity index (χ1) is 32.0. The number of imide groups is 1. The molecule has 1 saturated heterocycles. The Kier molecular flexibility index (Phi) is 14.6. The van der Waals surface area contributed by atoms with Crippen molar-refractivity contribution < 1.29 is 42.2 Å². The van der Waals surface area contributed by atoms with Crippen molar-refractivity contribution in [3.63, 3.8) is 0 Å². The molecule has 8 rings (SSSR count). The van der Waals surface area contributed by atoms with Gasteiger partial charge in [-0.1, -0.05) is 41.9 Å². The molecule has 4 heterocycles. The number of nitrogens with zero attached hydrogens (tertiary/aromatic N) is 4. The molecule has 1 unspecified atom stereocenters. The standard InChI is InChI=1S/C48H45ClF2N8O7/c49-31-11-12-32-34(24-31)45(43-36(50)4-2-5-37(43)51)55-26-30-25-54-40(57-44(30)32)23-28-7-9-29(10-8-28)46(62)53-18-20-66-22-21-65-19-17-52-16-15-42(61)56-38-6-1-3-33-35(38)27-59(48(33)64)39-13-14-41(60)58-47(39)63/h1-12,24-25,39,52H,13-23,26-27H2,(H,53,62)(H,56,61)(H,58,60,63). The lowest BCUT2D eigenvalue weighted by Crippen LogP contribution is -2.52. The lowest BCUT2D eigenvalue weighted by molar-refractivity contribution is -0.137. The van der Waals surface area contributed by atoms with Crippen LogP contribution in [0.5, 0.6) is 0 Å². The monoisotopic (exact) mass is 918 g/mol. The number of amides is 5. The van der Waals surface area contributed by atoms with Crippen molar-refractivity contribution in [2.45, 2.75) is 44.8 Å². The SMILES string of the molecule is O=C1CCC(N2Cc3c(NC(=O)CCNCCOCCOCCNC(=O)c4ccc(Cc5ncc6c(n5)-c5ccc(Cl)cc5C(c5c(F)cccc5F)=NC6)cc4)cccc3C2=O)C(=O)N1. The molecule has 0 aliphatic carbocycles. The van der Waals surface area contributed by atoms with E-state index in [1.807, 2.05) is 12.1 Å². The summed E-state index contributed by atoms with van der Waals surface area (Å²) < 4.78 is 41.0. The van der Waals surface area contributed by atoms with Crippen LogP contribution in [0.1, 0.15) is 73.6 Å². The van der Waals surface area contributed by atoms with Gasteiger partial charge in [0.05, 0.1) is 49.9 Å². The number of aliphatic imine (C=N–C) groups is 1. The number of rotatable bonds is 18. The van der Waals surface area contributed by atoms with Gasteiger partial charge in [0.15, 0.2) is 0 Å². The quantitative estimate of drug-likeness (QED) is 0.0675. The Balaban J connectivity index is 0.704. The van der Waals surface area contributed by atoms with Crippen LogP contribution in [-0.2, 0) is 43.4 Å². The van der Waals surface area contributed by atoms with E-state index < -0.39 is 23.6 Å². The van der Waals surface area contributed by atoms with Crippen molar-refractivity contribution in [1.29, 1.82) is 0 Å². The number of nitrogens with one attached hydrogen (secondary N) is 4. The maximum Gasteiger partial charge on any atom is 0.255 e. The van der Waals surface area contributed by atoms with Crippen LogP contribution in [0.15, 0.2) is 90.1 Å². The number of benzene rings is 4. The molecule has 0 bridgehead atoms. The van der Waals surface area contributed by atoms with E-state index in [4.69, 9.17) is 26.1 Å². The molecule has 4 N–H and O–H groups in total. The molecular formula is C48H45ClF2N8O7. The van der Waals surface area contributed by atoms with Gasteiger partial charge >= 0.3 is 0 Å². The van der Waals surface area contributed by atoms with Crippen molar-refractivity contribution in [2.24, 2.45) is 4.99 Å². The van der Waals surface area contributed by atoms with Crippen LogP contribution in [-0.4, -0.2) is 102 Å². The molecule has 0 radical (unpaired) electrons. The van der Waals surface area contributed by atoms with Gasteiger partial charge in [0, 0.05) is 95.7 Å². The lowest BCUT2D eigenvalue weighted by atomic mass is 9.94. The molecule has 15 nitrogen and oxygen atoms in total. The fraction of sp³-hybridized carbons (Fsp3) is 0.292. The largest absolute Gasteiger partial charge is 0.378 e. The molecule has 5 aromatic rings. The number of anilines is 1. The average Bonchev–Trinajstić information content (AvgIpc) is 3.55. The minimum Gasteiger partial charge on any atom is -0.378 e. The second-order valence-electron chi connectivity index (χ2n) is 15.7. The zero-order valence-electron chi connectivity index (χ0n) is 35.6. The first-order valence-electron chi connectivity index (χ1n) is 21.5. The van der Waals surface area contributed by atoms with Crippen molar-refractivity contribution in [2.75, 3.05) is 51.4 Å². The van der Waals surface area contributed by atoms with Gasteiger partial charge in [-0.25, -0.2) is 18.7 Å². The third-order valence-corrected chi connectivity index (χ3v) is 11.5. The van der Waals surface area contributed by atoms with Gasteiger partial charge < -0.3 is 30.3 Å². The van der Waals surface area contributed by atoms with Crippen LogP contribution in [0, 0.1) is 11.6 Å². The zero-order chi connectivity index (χ0) is 46.2. The number of hydrogen-bond acceptors (Lipinski definition) is 11. The highest BCUT2D eigenvalue weighted by Gasteiger charge is 2.40. The Hall–Kier alpha value is -6.79. The summed E-state index contributed by atoms with van der Waals surface area (Å²) in [6, 6.07) is 20.2. The van der Waals surface area contributed by atoms with Gasteiger partial charge in [0.1, 0.15) is 23.5 Å². The lowest BCUT2D eigenvalue weighted by Gasteiger charge is -2.29. The molecule has 1 atom stereocenters. The highest BCUT2D eigenvalue weighted by molar-refractivity contribution is 6.31. The van der Waals surface area contributed by atoms with Gasteiger partial charge in [-0.3, -0.25) is 34.3 Å². The molecule has 0 saturated carbocycles. The second kappa shape index (κ2) is 21.0. The van der Waals surface area contributed by atoms with E-state index in [-0.39, 0.29) is 67.3 Å². The second-order valence-corrected chi connectivity index (χ2v) is 16.2. The van der Waals surface area contributed by atoms with Gasteiger partial charge in [-0.15, -0.1) is 0 Å². The van der Waals surface area contributed by atoms with Crippen LogP contribution >= 0.6 is 11.6 Å². The zero-order valence-corrected chi connectivity index (χ0v) is 36.4. The van der Waals surface area contributed by atoms with E-state index in [0.717, 1.165) is 5.56 Å². The predicted molar refractivity (Wildman–Crippen MR) is 240 cm³/mol. The highest BCUT2D eigenvalue weighted by atomic mass is 35.5. The van der Waals surface area contributed by atoms with Crippen molar-refractivity contribution >= 4 is 52.5 Å². The van der Waals surface area contributed by atoms with Gasteiger partial charge in [0.25, 0.3) is 11.8 Å². The fourth-order valence-corrected chi connectivity index (χ4v) is 8.16. The van der Waals surface area contributed by atoms with E-state index >= 15 is 0 Å². The van der Waals surface area contributed by atoms with Crippen LogP contribution in [0.3, 0.4) is 0 Å². The first-order valence-corrected chi connectivity index (χ1v) is 21.9. The van der Waals surface area contributed by atoms with Crippen LogP contribution in [0.4, 0.5) is 14.5 Å². The molecule has 3 aliphatic rings. The fourth-order valence-electron chi connectivity index (χ4n) is 7.99. The van der Waals surface area contributed by atoms with Gasteiger partial charge in [0.2, 0.25) is 17.7 Å². The predicted octanol–water partition coefficient (Wildman–Crippen LogP) is 5.16. The molecule has 1 fully saturated rings. The number of piperidine rings is 1. The summed E-state index contributed by atoms with van der Waals surface area (Å²) in [6.07, 6.45) is 2.65. The summed E-state index contributed by atoms with van der Waals surface area (Å²) in [5.74, 6) is -2.58. The molecule has 4 aromatic carbocycles. The Morgan fingerprint density at radius 1 is 0.864 bits per heavy atom. The van der Waals surface area contributed by atoms with Gasteiger partial charge in [-0.2, -0.15) is 0 Å². The van der Waals surface area contributed by atoms with E-state index in [9.17, 15) is 32.8 Å². The molecule has 1 aromatic heterocycles. The van der Waals surface area contributed by atoms with Crippen LogP contribution in [0.25, 0.3) is 11.3 Å².